The third-order valence-corrected chi connectivity index (χ3v) is 7.88. The number of anilines is 1. The molecule has 0 saturated heterocycles. The van der Waals surface area contributed by atoms with Gasteiger partial charge in [0, 0.05) is 29.3 Å². The highest BCUT2D eigenvalue weighted by Crippen LogP contribution is 2.44. The van der Waals surface area contributed by atoms with Gasteiger partial charge in [0.25, 0.3) is 5.91 Å². The van der Waals surface area contributed by atoms with E-state index in [2.05, 4.69) is 42.1 Å². The maximum absolute atomic E-state index is 12.0. The molecule has 8 heteroatoms. The predicted molar refractivity (Wildman–Crippen MR) is 150 cm³/mol. The molecule has 5 rings (SSSR count). The lowest BCUT2D eigenvalue weighted by molar-refractivity contribution is -0.114. The van der Waals surface area contributed by atoms with Crippen LogP contribution in [0.25, 0.3) is 16.0 Å². The Morgan fingerprint density at radius 3 is 2.47 bits per heavy atom. The van der Waals surface area contributed by atoms with E-state index in [1.54, 1.807) is 13.8 Å². The molecule has 2 aliphatic rings. The molecule has 198 valence electrons. The molecule has 0 saturated carbocycles. The summed E-state index contributed by atoms with van der Waals surface area (Å²) in [5.74, 6) is 1.33. The van der Waals surface area contributed by atoms with Crippen molar-refractivity contribution in [3.05, 3.63) is 82.9 Å². The van der Waals surface area contributed by atoms with E-state index in [9.17, 15) is 14.1 Å². The quantitative estimate of drug-likeness (QED) is 0.370. The summed E-state index contributed by atoms with van der Waals surface area (Å²) in [4.78, 5) is 12.0. The summed E-state index contributed by atoms with van der Waals surface area (Å²) in [6.07, 6.45) is 1.93. The van der Waals surface area contributed by atoms with Crippen LogP contribution in [-0.4, -0.2) is 34.0 Å². The first-order valence-corrected chi connectivity index (χ1v) is 13.8. The Kier molecular flexibility index (Phi) is 7.03. The highest BCUT2D eigenvalue weighted by Gasteiger charge is 2.28. The van der Waals surface area contributed by atoms with E-state index in [0.29, 0.717) is 24.5 Å². The summed E-state index contributed by atoms with van der Waals surface area (Å²) in [6, 6.07) is 17.8. The number of aryl methyl sites for hydroxylation is 2. The van der Waals surface area contributed by atoms with E-state index in [0.717, 1.165) is 50.6 Å². The summed E-state index contributed by atoms with van der Waals surface area (Å²) in [5.41, 5.74) is 6.35. The van der Waals surface area contributed by atoms with Crippen LogP contribution in [-0.2, 0) is 15.8 Å². The summed E-state index contributed by atoms with van der Waals surface area (Å²) in [5, 5.41) is 13.5. The zero-order chi connectivity index (χ0) is 27.0. The number of carbonyl (C=O) groups excluding carboxylic acids is 1. The molecule has 0 radical (unpaired) electrons. The fraction of sp³-hybridized carbons (Fsp3) is 0.300. The van der Waals surface area contributed by atoms with Crippen LogP contribution in [0, 0.1) is 13.8 Å². The monoisotopic (exact) mass is 532 g/mol. The number of hydrogen-bond acceptors (Lipinski definition) is 6. The smallest absolute Gasteiger partial charge is 0.257 e. The molecule has 3 aromatic rings. The van der Waals surface area contributed by atoms with E-state index < -0.39 is 16.6 Å². The molecule has 1 amide bonds. The lowest BCUT2D eigenvalue weighted by Crippen LogP contribution is -2.21. The van der Waals surface area contributed by atoms with Crippen molar-refractivity contribution in [2.24, 2.45) is 0 Å². The minimum atomic E-state index is -1.51. The van der Waals surface area contributed by atoms with Crippen molar-refractivity contribution in [3.8, 4) is 22.6 Å². The molecule has 2 aliphatic heterocycles. The number of aliphatic hydroxyl groups is 1. The second kappa shape index (κ2) is 10.3. The summed E-state index contributed by atoms with van der Waals surface area (Å²) >= 11 is 0. The van der Waals surface area contributed by atoms with Gasteiger partial charge in [-0.2, -0.15) is 0 Å². The lowest BCUT2D eigenvalue weighted by Gasteiger charge is -2.19. The van der Waals surface area contributed by atoms with Gasteiger partial charge < -0.3 is 19.9 Å². The van der Waals surface area contributed by atoms with E-state index in [4.69, 9.17) is 9.47 Å². The number of para-hydroxylation sites is 1. The van der Waals surface area contributed by atoms with Crippen molar-refractivity contribution in [2.75, 3.05) is 18.5 Å². The topological polar surface area (TPSA) is 96.9 Å². The minimum Gasteiger partial charge on any atom is -0.493 e. The van der Waals surface area contributed by atoms with E-state index >= 15 is 0 Å². The van der Waals surface area contributed by atoms with E-state index in [-0.39, 0.29) is 11.9 Å². The van der Waals surface area contributed by atoms with Gasteiger partial charge in [0.2, 0.25) is 0 Å². The number of hydrogen-bond donors (Lipinski definition) is 3. The SMILES string of the molecule is Cc1cc(OCCC(C)(C)O)cc(C)c1-c1cccc2c1OC[C@H]2Nc1ccc(C2=CC(=O)NS2=O)cc1. The highest BCUT2D eigenvalue weighted by atomic mass is 32.2. The van der Waals surface area contributed by atoms with Gasteiger partial charge >= 0.3 is 0 Å². The Hall–Kier alpha value is -3.62. The van der Waals surface area contributed by atoms with Gasteiger partial charge in [-0.05, 0) is 74.2 Å². The number of amides is 1. The third kappa shape index (κ3) is 5.47. The molecular formula is C30H32N2O5S. The molecule has 3 aromatic carbocycles. The molecule has 38 heavy (non-hydrogen) atoms. The number of carbonyl (C=O) groups is 1. The van der Waals surface area contributed by atoms with Crippen LogP contribution in [0.3, 0.4) is 0 Å². The summed E-state index contributed by atoms with van der Waals surface area (Å²) < 4.78 is 26.6. The summed E-state index contributed by atoms with van der Waals surface area (Å²) in [6.45, 7) is 8.66. The van der Waals surface area contributed by atoms with Crippen molar-refractivity contribution < 1.29 is 23.6 Å². The van der Waals surface area contributed by atoms with Crippen LogP contribution in [0.15, 0.2) is 60.7 Å². The van der Waals surface area contributed by atoms with Gasteiger partial charge in [-0.25, -0.2) is 4.21 Å². The zero-order valence-electron chi connectivity index (χ0n) is 22.0. The van der Waals surface area contributed by atoms with Crippen LogP contribution in [0.5, 0.6) is 11.5 Å². The first-order chi connectivity index (χ1) is 18.1. The fourth-order valence-corrected chi connectivity index (χ4v) is 5.80. The van der Waals surface area contributed by atoms with Crippen molar-refractivity contribution >= 4 is 27.5 Å². The first kappa shape index (κ1) is 26.0. The van der Waals surface area contributed by atoms with Gasteiger partial charge in [-0.3, -0.25) is 9.52 Å². The van der Waals surface area contributed by atoms with Gasteiger partial charge in [0.15, 0.2) is 11.0 Å². The molecule has 3 N–H and O–H groups in total. The number of nitrogens with one attached hydrogen (secondary N) is 2. The first-order valence-electron chi connectivity index (χ1n) is 12.6. The Bertz CT molecular complexity index is 1420. The fourth-order valence-electron chi connectivity index (χ4n) is 4.88. The maximum Gasteiger partial charge on any atom is 0.257 e. The van der Waals surface area contributed by atoms with Crippen molar-refractivity contribution in [3.63, 3.8) is 0 Å². The third-order valence-electron chi connectivity index (χ3n) is 6.74. The Morgan fingerprint density at radius 1 is 1.13 bits per heavy atom. The molecule has 0 aliphatic carbocycles. The van der Waals surface area contributed by atoms with Crippen LogP contribution in [0.2, 0.25) is 0 Å². The van der Waals surface area contributed by atoms with Crippen molar-refractivity contribution in [1.82, 2.24) is 4.72 Å². The minimum absolute atomic E-state index is 0.0241. The molecule has 0 fully saturated rings. The zero-order valence-corrected chi connectivity index (χ0v) is 22.8. The van der Waals surface area contributed by atoms with E-state index in [1.807, 2.05) is 36.4 Å². The number of benzene rings is 3. The second-order valence-electron chi connectivity index (χ2n) is 10.4. The van der Waals surface area contributed by atoms with Crippen LogP contribution >= 0.6 is 0 Å². The number of ether oxygens (including phenoxy) is 2. The van der Waals surface area contributed by atoms with Gasteiger partial charge in [-0.15, -0.1) is 0 Å². The largest absolute Gasteiger partial charge is 0.493 e. The molecule has 1 unspecified atom stereocenters. The molecule has 0 aromatic heterocycles. The Balaban J connectivity index is 1.34. The van der Waals surface area contributed by atoms with Gasteiger partial charge in [0.1, 0.15) is 18.1 Å². The normalized spacial score (nSPS) is 18.4. The summed E-state index contributed by atoms with van der Waals surface area (Å²) in [7, 11) is -1.51. The van der Waals surface area contributed by atoms with Crippen LogP contribution in [0.1, 0.15) is 48.6 Å². The Morgan fingerprint density at radius 2 is 1.84 bits per heavy atom. The molecule has 0 bridgehead atoms. The molecule has 7 nitrogen and oxygen atoms in total. The van der Waals surface area contributed by atoms with Crippen LogP contribution in [0.4, 0.5) is 5.69 Å². The average molecular weight is 533 g/mol. The molecule has 2 heterocycles. The lowest BCUT2D eigenvalue weighted by atomic mass is 9.92. The molecule has 2 atom stereocenters. The average Bonchev–Trinajstić information content (AvgIpc) is 3.41. The highest BCUT2D eigenvalue weighted by molar-refractivity contribution is 7.93. The second-order valence-corrected chi connectivity index (χ2v) is 11.6. The van der Waals surface area contributed by atoms with E-state index in [1.165, 1.54) is 6.08 Å². The van der Waals surface area contributed by atoms with Crippen molar-refractivity contribution in [2.45, 2.75) is 45.8 Å². The Labute approximate surface area is 225 Å². The number of rotatable bonds is 8. The van der Waals surface area contributed by atoms with Crippen molar-refractivity contribution in [1.29, 1.82) is 0 Å². The standard InChI is InChI=1S/C30H32N2O5S/c1-18-14-22(36-13-12-30(3,4)34)15-19(2)28(18)24-7-5-6-23-25(17-37-29(23)24)31-21-10-8-20(9-11-21)26-16-27(33)32-38(26)35/h5-11,14-16,25,31,34H,12-13,17H2,1-4H3,(H,32,33)/t25-,38?/m1/s1. The van der Waals surface area contributed by atoms with Gasteiger partial charge in [0.05, 0.1) is 23.2 Å². The van der Waals surface area contributed by atoms with Gasteiger partial charge in [-0.1, -0.05) is 30.3 Å². The van der Waals surface area contributed by atoms with Crippen LogP contribution < -0.4 is 19.5 Å². The maximum atomic E-state index is 12.0. The predicted octanol–water partition coefficient (Wildman–Crippen LogP) is 5.19. The molecular weight excluding hydrogens is 500 g/mol. The molecule has 0 spiro atoms. The number of fused-ring (bicyclic) bond motifs is 1.